The van der Waals surface area contributed by atoms with Crippen molar-refractivity contribution in [1.82, 2.24) is 19.9 Å². The number of benzene rings is 1. The second-order valence-electron chi connectivity index (χ2n) is 8.27. The van der Waals surface area contributed by atoms with Gasteiger partial charge in [-0.2, -0.15) is 0 Å². The molecule has 4 heteroatoms. The van der Waals surface area contributed by atoms with Crippen LogP contribution in [0.15, 0.2) is 104 Å². The Morgan fingerprint density at radius 1 is 0.485 bits per heavy atom. The largest absolute Gasteiger partial charge is 0.254 e. The first kappa shape index (κ1) is 18.2. The maximum Gasteiger partial charge on any atom is 0.0971 e. The van der Waals surface area contributed by atoms with Gasteiger partial charge in [0.1, 0.15) is 0 Å². The van der Waals surface area contributed by atoms with E-state index in [4.69, 9.17) is 19.9 Å². The fourth-order valence-electron chi connectivity index (χ4n) is 5.28. The monoisotopic (exact) mass is 422 g/mol. The van der Waals surface area contributed by atoms with Crippen LogP contribution in [0, 0.1) is 0 Å². The summed E-state index contributed by atoms with van der Waals surface area (Å²) in [4.78, 5) is 18.9. The van der Waals surface area contributed by atoms with Crippen molar-refractivity contribution >= 4 is 11.1 Å². The molecule has 0 unspecified atom stereocenters. The van der Waals surface area contributed by atoms with Crippen LogP contribution >= 0.6 is 0 Å². The van der Waals surface area contributed by atoms with E-state index in [0.29, 0.717) is 0 Å². The third-order valence-electron chi connectivity index (χ3n) is 6.55. The molecule has 0 spiro atoms. The highest BCUT2D eigenvalue weighted by molar-refractivity contribution is 6.11. The summed E-state index contributed by atoms with van der Waals surface area (Å²) in [6.07, 6.45) is 7.39. The maximum atomic E-state index is 4.73. The molecule has 0 aliphatic heterocycles. The number of hydrogen-bond acceptors (Lipinski definition) is 4. The minimum Gasteiger partial charge on any atom is -0.254 e. The summed E-state index contributed by atoms with van der Waals surface area (Å²) in [6.45, 7) is 0. The highest BCUT2D eigenvalue weighted by Gasteiger charge is 2.38. The number of nitrogens with zero attached hydrogens (tertiary/aromatic N) is 4. The molecule has 7 rings (SSSR count). The van der Waals surface area contributed by atoms with E-state index >= 15 is 0 Å². The van der Waals surface area contributed by atoms with Gasteiger partial charge in [-0.25, -0.2) is 0 Å². The molecule has 2 aliphatic carbocycles. The Labute approximate surface area is 191 Å². The van der Waals surface area contributed by atoms with Crippen molar-refractivity contribution in [3.8, 4) is 22.8 Å². The average molecular weight is 422 g/mol. The molecule has 33 heavy (non-hydrogen) atoms. The summed E-state index contributed by atoms with van der Waals surface area (Å²) < 4.78 is 0. The lowest BCUT2D eigenvalue weighted by Crippen LogP contribution is -2.04. The van der Waals surface area contributed by atoms with Gasteiger partial charge in [-0.05, 0) is 52.1 Å². The van der Waals surface area contributed by atoms with Crippen molar-refractivity contribution in [3.05, 3.63) is 131 Å². The number of pyridine rings is 4. The molecule has 0 amide bonds. The zero-order valence-corrected chi connectivity index (χ0v) is 17.7. The van der Waals surface area contributed by atoms with E-state index in [0.717, 1.165) is 33.9 Å². The van der Waals surface area contributed by atoms with Crippen LogP contribution in [-0.2, 0) is 0 Å². The molecule has 0 saturated heterocycles. The van der Waals surface area contributed by atoms with Gasteiger partial charge in [-0.15, -0.1) is 0 Å². The lowest BCUT2D eigenvalue weighted by atomic mass is 9.80. The van der Waals surface area contributed by atoms with Gasteiger partial charge in [-0.3, -0.25) is 19.9 Å². The van der Waals surface area contributed by atoms with Crippen molar-refractivity contribution in [2.75, 3.05) is 0 Å². The smallest absolute Gasteiger partial charge is 0.0971 e. The van der Waals surface area contributed by atoms with Crippen molar-refractivity contribution in [2.24, 2.45) is 0 Å². The van der Waals surface area contributed by atoms with Crippen LogP contribution in [-0.4, -0.2) is 19.9 Å². The lowest BCUT2D eigenvalue weighted by molar-refractivity contribution is 1.08. The molecule has 0 radical (unpaired) electrons. The second-order valence-corrected chi connectivity index (χ2v) is 8.27. The highest BCUT2D eigenvalue weighted by atomic mass is 14.8. The molecule has 0 fully saturated rings. The van der Waals surface area contributed by atoms with E-state index in [9.17, 15) is 0 Å². The Hall–Kier alpha value is -4.44. The van der Waals surface area contributed by atoms with E-state index in [-0.39, 0.29) is 5.92 Å². The molecule has 0 atom stereocenters. The zero-order chi connectivity index (χ0) is 21.8. The van der Waals surface area contributed by atoms with Crippen LogP contribution in [0.5, 0.6) is 0 Å². The van der Waals surface area contributed by atoms with Crippen LogP contribution in [0.1, 0.15) is 33.7 Å². The minimum atomic E-state index is 0.00834. The molecule has 4 aromatic heterocycles. The average Bonchev–Trinajstić information content (AvgIpc) is 3.39. The summed E-state index contributed by atoms with van der Waals surface area (Å²) in [5.74, 6) is 0.00834. The third kappa shape index (κ3) is 2.58. The van der Waals surface area contributed by atoms with Crippen LogP contribution in [0.2, 0.25) is 0 Å². The lowest BCUT2D eigenvalue weighted by Gasteiger charge is -2.22. The van der Waals surface area contributed by atoms with Gasteiger partial charge >= 0.3 is 0 Å². The van der Waals surface area contributed by atoms with Crippen molar-refractivity contribution in [3.63, 3.8) is 0 Å². The normalized spacial score (nSPS) is 13.3. The topological polar surface area (TPSA) is 51.6 Å². The van der Waals surface area contributed by atoms with E-state index in [1.165, 1.54) is 27.8 Å². The van der Waals surface area contributed by atoms with Gasteiger partial charge in [0.2, 0.25) is 0 Å². The Balaban J connectivity index is 1.64. The molecule has 0 saturated carbocycles. The number of fused-ring (bicyclic) bond motifs is 6. The zero-order valence-electron chi connectivity index (χ0n) is 17.7. The number of hydrogen-bond donors (Lipinski definition) is 0. The van der Waals surface area contributed by atoms with E-state index in [2.05, 4.69) is 54.6 Å². The SMILES string of the molecule is c1ccc(C(=C2c3cccnc3-c3ncccc32)C2c3cccnc3-c3ncccc32)cc1. The summed E-state index contributed by atoms with van der Waals surface area (Å²) in [6, 6.07) is 27.4. The van der Waals surface area contributed by atoms with Gasteiger partial charge in [0.05, 0.1) is 22.8 Å². The van der Waals surface area contributed by atoms with Crippen molar-refractivity contribution < 1.29 is 0 Å². The van der Waals surface area contributed by atoms with Crippen molar-refractivity contribution in [1.29, 1.82) is 0 Å². The first-order valence-electron chi connectivity index (χ1n) is 11.0. The van der Waals surface area contributed by atoms with Crippen LogP contribution < -0.4 is 0 Å². The summed E-state index contributed by atoms with van der Waals surface area (Å²) in [5, 5.41) is 0. The third-order valence-corrected chi connectivity index (χ3v) is 6.55. The van der Waals surface area contributed by atoms with Gasteiger partial charge in [0, 0.05) is 41.8 Å². The molecule has 2 aliphatic rings. The summed E-state index contributed by atoms with van der Waals surface area (Å²) in [5.41, 5.74) is 12.0. The fourth-order valence-corrected chi connectivity index (χ4v) is 5.28. The summed E-state index contributed by atoms with van der Waals surface area (Å²) in [7, 11) is 0. The molecule has 5 aromatic rings. The van der Waals surface area contributed by atoms with Gasteiger partial charge in [0.25, 0.3) is 0 Å². The van der Waals surface area contributed by atoms with E-state index < -0.39 is 0 Å². The van der Waals surface area contributed by atoms with Crippen LogP contribution in [0.4, 0.5) is 0 Å². The van der Waals surface area contributed by atoms with E-state index in [1.54, 1.807) is 0 Å². The fraction of sp³-hybridized carbons (Fsp3) is 0.0345. The Morgan fingerprint density at radius 2 is 0.970 bits per heavy atom. The molecule has 154 valence electrons. The quantitative estimate of drug-likeness (QED) is 0.342. The Bertz CT molecular complexity index is 1480. The maximum absolute atomic E-state index is 4.73. The van der Waals surface area contributed by atoms with Gasteiger partial charge < -0.3 is 0 Å². The standard InChI is InChI=1S/C29H18N4/c1-2-8-18(9-3-1)23(24-19-10-4-14-30-26(19)27-20(24)11-5-15-31-27)25-21-12-6-16-32-28(21)29-22(25)13-7-17-33-29/h1-17,24H. The van der Waals surface area contributed by atoms with Gasteiger partial charge in [0.15, 0.2) is 0 Å². The molecule has 0 bridgehead atoms. The Kier molecular flexibility index (Phi) is 3.87. The molecule has 0 N–H and O–H groups in total. The minimum absolute atomic E-state index is 0.00834. The number of aromatic nitrogens is 4. The highest BCUT2D eigenvalue weighted by Crippen LogP contribution is 2.54. The Morgan fingerprint density at radius 3 is 1.52 bits per heavy atom. The van der Waals surface area contributed by atoms with Crippen LogP contribution in [0.25, 0.3) is 33.9 Å². The molecule has 4 heterocycles. The number of rotatable bonds is 2. The predicted molar refractivity (Wildman–Crippen MR) is 129 cm³/mol. The van der Waals surface area contributed by atoms with Gasteiger partial charge in [-0.1, -0.05) is 54.6 Å². The first-order valence-corrected chi connectivity index (χ1v) is 11.0. The molecule has 1 aromatic carbocycles. The predicted octanol–water partition coefficient (Wildman–Crippen LogP) is 6.02. The second kappa shape index (κ2) is 7.04. The first-order chi connectivity index (χ1) is 16.4. The summed E-state index contributed by atoms with van der Waals surface area (Å²) >= 11 is 0. The molecular formula is C29H18N4. The van der Waals surface area contributed by atoms with E-state index in [1.807, 2.05) is 49.1 Å². The van der Waals surface area contributed by atoms with Crippen LogP contribution in [0.3, 0.4) is 0 Å². The molecular weight excluding hydrogens is 404 g/mol. The van der Waals surface area contributed by atoms with Crippen molar-refractivity contribution in [2.45, 2.75) is 5.92 Å². The number of allylic oxidation sites excluding steroid dienone is 1. The molecule has 4 nitrogen and oxygen atoms in total.